The zero-order chi connectivity index (χ0) is 26.5. The fourth-order valence-corrected chi connectivity index (χ4v) is 3.06. The minimum Gasteiger partial charge on any atom is -0.492 e. The molecule has 0 aliphatic rings. The second-order valence-corrected chi connectivity index (χ2v) is 10.4. The number of rotatable bonds is 12. The van der Waals surface area contributed by atoms with Crippen molar-refractivity contribution < 1.29 is 28.6 Å². The Kier molecular flexibility index (Phi) is 12.8. The van der Waals surface area contributed by atoms with Gasteiger partial charge in [-0.15, -0.1) is 0 Å². The largest absolute Gasteiger partial charge is 0.492 e. The topological polar surface area (TPSA) is 115 Å². The Morgan fingerprint density at radius 3 is 2.03 bits per heavy atom. The Balaban J connectivity index is 2.50. The van der Waals surface area contributed by atoms with Crippen LogP contribution in [0.2, 0.25) is 0 Å². The van der Waals surface area contributed by atoms with Crippen molar-refractivity contribution >= 4 is 30.7 Å². The minimum absolute atomic E-state index is 0.278. The normalized spacial score (nSPS) is 12.3. The van der Waals surface area contributed by atoms with E-state index in [1.165, 1.54) is 0 Å². The van der Waals surface area contributed by atoms with Gasteiger partial charge in [-0.2, -0.15) is 12.6 Å². The first-order valence-electron chi connectivity index (χ1n) is 11.9. The average molecular weight is 512 g/mol. The van der Waals surface area contributed by atoms with Gasteiger partial charge in [-0.05, 0) is 78.5 Å². The van der Waals surface area contributed by atoms with Gasteiger partial charge in [0, 0.05) is 12.3 Å². The molecule has 1 aromatic rings. The van der Waals surface area contributed by atoms with E-state index in [4.69, 9.17) is 14.2 Å². The molecule has 0 bridgehead atoms. The van der Waals surface area contributed by atoms with Crippen molar-refractivity contribution in [3.05, 3.63) is 29.8 Å². The van der Waals surface area contributed by atoms with Crippen molar-refractivity contribution in [1.82, 2.24) is 16.0 Å². The van der Waals surface area contributed by atoms with Gasteiger partial charge in [-0.3, -0.25) is 4.79 Å². The Morgan fingerprint density at radius 1 is 0.857 bits per heavy atom. The molecule has 3 amide bonds. The fourth-order valence-electron chi connectivity index (χ4n) is 2.85. The number of alkyl carbamates (subject to hydrolysis) is 2. The molecule has 0 aliphatic carbocycles. The zero-order valence-corrected chi connectivity index (χ0v) is 22.6. The van der Waals surface area contributed by atoms with Crippen LogP contribution in [0.4, 0.5) is 9.59 Å². The number of thiol groups is 1. The highest BCUT2D eigenvalue weighted by atomic mass is 32.1. The molecule has 35 heavy (non-hydrogen) atoms. The first-order valence-corrected chi connectivity index (χ1v) is 12.5. The summed E-state index contributed by atoms with van der Waals surface area (Å²) >= 11 is 4.23. The molecule has 1 atom stereocenters. The number of hydrogen-bond donors (Lipinski definition) is 4. The molecule has 0 spiro atoms. The van der Waals surface area contributed by atoms with Gasteiger partial charge in [0.15, 0.2) is 0 Å². The average Bonchev–Trinajstić information content (AvgIpc) is 2.73. The molecule has 9 nitrogen and oxygen atoms in total. The Bertz CT molecular complexity index is 803. The smallest absolute Gasteiger partial charge is 0.408 e. The molecule has 1 aromatic carbocycles. The summed E-state index contributed by atoms with van der Waals surface area (Å²) < 4.78 is 16.1. The van der Waals surface area contributed by atoms with Crippen LogP contribution in [0.3, 0.4) is 0 Å². The minimum atomic E-state index is -0.777. The van der Waals surface area contributed by atoms with Crippen LogP contribution in [-0.2, 0) is 20.0 Å². The number of ether oxygens (including phenoxy) is 3. The van der Waals surface area contributed by atoms with Crippen molar-refractivity contribution in [2.45, 2.75) is 83.8 Å². The Hall–Kier alpha value is -2.62. The molecular weight excluding hydrogens is 470 g/mol. The highest BCUT2D eigenvalue weighted by molar-refractivity contribution is 7.79. The molecule has 0 aliphatic heterocycles. The SMILES string of the molecule is CC(C)(C)OC(=O)NCCCC[C@@H](NC(=O)OC(C)(C)C)C(=O)NCCOc1ccc(CS)cc1. The zero-order valence-electron chi connectivity index (χ0n) is 21.7. The third kappa shape index (κ3) is 15.1. The van der Waals surface area contributed by atoms with Crippen molar-refractivity contribution in [1.29, 1.82) is 0 Å². The van der Waals surface area contributed by atoms with Crippen LogP contribution in [-0.4, -0.2) is 55.0 Å². The summed E-state index contributed by atoms with van der Waals surface area (Å²) in [5.41, 5.74) is -0.158. The molecule has 1 rings (SSSR count). The van der Waals surface area contributed by atoms with E-state index in [0.717, 1.165) is 5.56 Å². The van der Waals surface area contributed by atoms with Crippen LogP contribution in [0.5, 0.6) is 5.75 Å². The molecule has 0 unspecified atom stereocenters. The van der Waals surface area contributed by atoms with Crippen molar-refractivity contribution in [2.24, 2.45) is 0 Å². The summed E-state index contributed by atoms with van der Waals surface area (Å²) in [6.45, 7) is 11.6. The molecule has 0 heterocycles. The van der Waals surface area contributed by atoms with Gasteiger partial charge in [0.1, 0.15) is 29.6 Å². The van der Waals surface area contributed by atoms with Gasteiger partial charge in [0.25, 0.3) is 0 Å². The second-order valence-electron chi connectivity index (χ2n) is 10.1. The predicted octanol–water partition coefficient (Wildman–Crippen LogP) is 4.20. The van der Waals surface area contributed by atoms with E-state index in [1.54, 1.807) is 41.5 Å². The third-order valence-electron chi connectivity index (χ3n) is 4.37. The van der Waals surface area contributed by atoms with Gasteiger partial charge in [-0.25, -0.2) is 9.59 Å². The molecule has 0 saturated heterocycles. The van der Waals surface area contributed by atoms with E-state index in [2.05, 4.69) is 28.6 Å². The van der Waals surface area contributed by atoms with Crippen LogP contribution in [0.1, 0.15) is 66.4 Å². The number of benzene rings is 1. The van der Waals surface area contributed by atoms with Gasteiger partial charge < -0.3 is 30.2 Å². The molecule has 3 N–H and O–H groups in total. The van der Waals surface area contributed by atoms with Gasteiger partial charge >= 0.3 is 12.2 Å². The lowest BCUT2D eigenvalue weighted by Crippen LogP contribution is -2.48. The molecule has 0 fully saturated rings. The highest BCUT2D eigenvalue weighted by Gasteiger charge is 2.24. The number of carbonyl (C=O) groups is 3. The number of carbonyl (C=O) groups excluding carboxylic acids is 3. The van der Waals surface area contributed by atoms with E-state index in [0.29, 0.717) is 37.3 Å². The monoisotopic (exact) mass is 511 g/mol. The third-order valence-corrected chi connectivity index (χ3v) is 4.74. The first kappa shape index (κ1) is 30.4. The quantitative estimate of drug-likeness (QED) is 0.247. The van der Waals surface area contributed by atoms with E-state index >= 15 is 0 Å². The van der Waals surface area contributed by atoms with E-state index in [-0.39, 0.29) is 19.1 Å². The summed E-state index contributed by atoms with van der Waals surface area (Å²) in [5.74, 6) is 1.02. The van der Waals surface area contributed by atoms with Crippen molar-refractivity contribution in [3.63, 3.8) is 0 Å². The summed E-state index contributed by atoms with van der Waals surface area (Å²) in [4.78, 5) is 36.7. The van der Waals surface area contributed by atoms with Crippen molar-refractivity contribution in [2.75, 3.05) is 19.7 Å². The fraction of sp³-hybridized carbons (Fsp3) is 0.640. The maximum absolute atomic E-state index is 12.7. The highest BCUT2D eigenvalue weighted by Crippen LogP contribution is 2.13. The van der Waals surface area contributed by atoms with E-state index < -0.39 is 29.4 Å². The van der Waals surface area contributed by atoms with Crippen LogP contribution in [0.25, 0.3) is 0 Å². The Labute approximate surface area is 214 Å². The molecule has 0 radical (unpaired) electrons. The first-order chi connectivity index (χ1) is 16.3. The summed E-state index contributed by atoms with van der Waals surface area (Å²) in [5, 5.41) is 8.12. The molecule has 198 valence electrons. The molecule has 10 heteroatoms. The van der Waals surface area contributed by atoms with Gasteiger partial charge in [-0.1, -0.05) is 12.1 Å². The predicted molar refractivity (Wildman–Crippen MR) is 139 cm³/mol. The number of nitrogens with one attached hydrogen (secondary N) is 3. The van der Waals surface area contributed by atoms with E-state index in [9.17, 15) is 14.4 Å². The molecule has 0 aromatic heterocycles. The second kappa shape index (κ2) is 14.7. The van der Waals surface area contributed by atoms with Crippen molar-refractivity contribution in [3.8, 4) is 5.75 Å². The van der Waals surface area contributed by atoms with Crippen LogP contribution in [0.15, 0.2) is 24.3 Å². The molecular formula is C25H41N3O6S. The van der Waals surface area contributed by atoms with Crippen LogP contribution < -0.4 is 20.7 Å². The summed E-state index contributed by atoms with van der Waals surface area (Å²) in [6.07, 6.45) is 0.443. The number of unbranched alkanes of at least 4 members (excludes halogenated alkanes) is 1. The maximum Gasteiger partial charge on any atom is 0.408 e. The summed E-state index contributed by atoms with van der Waals surface area (Å²) in [6, 6.07) is 6.79. The number of hydrogen-bond acceptors (Lipinski definition) is 7. The lowest BCUT2D eigenvalue weighted by molar-refractivity contribution is -0.123. The van der Waals surface area contributed by atoms with E-state index in [1.807, 2.05) is 24.3 Å². The summed E-state index contributed by atoms with van der Waals surface area (Å²) in [7, 11) is 0. The number of amides is 3. The standard InChI is InChI=1S/C25H41N3O6S/c1-24(2,3)33-22(30)27-14-8-7-9-20(28-23(31)34-25(4,5)6)21(29)26-15-16-32-19-12-10-18(17-35)11-13-19/h10-13,20,35H,7-9,14-17H2,1-6H3,(H,26,29)(H,27,30)(H,28,31)/t20-/m1/s1. The molecule has 0 saturated carbocycles. The Morgan fingerprint density at radius 2 is 1.46 bits per heavy atom. The maximum atomic E-state index is 12.7. The van der Waals surface area contributed by atoms with Crippen LogP contribution in [0, 0.1) is 0 Å². The van der Waals surface area contributed by atoms with Crippen LogP contribution >= 0.6 is 12.6 Å². The van der Waals surface area contributed by atoms with Gasteiger partial charge in [0.2, 0.25) is 5.91 Å². The lowest BCUT2D eigenvalue weighted by atomic mass is 10.1. The lowest BCUT2D eigenvalue weighted by Gasteiger charge is -2.23. The van der Waals surface area contributed by atoms with Gasteiger partial charge in [0.05, 0.1) is 6.54 Å².